The zero-order valence-corrected chi connectivity index (χ0v) is 7.21. The molecule has 0 spiro atoms. The summed E-state index contributed by atoms with van der Waals surface area (Å²) in [7, 11) is 0. The molecule has 4 nitrogen and oxygen atoms in total. The Balaban J connectivity index is 2.46. The van der Waals surface area contributed by atoms with Crippen LogP contribution in [0.2, 0.25) is 0 Å². The van der Waals surface area contributed by atoms with Gasteiger partial charge in [0.05, 0.1) is 0 Å². The third-order valence-corrected chi connectivity index (χ3v) is 1.51. The third-order valence-electron chi connectivity index (χ3n) is 1.51. The molecule has 0 fully saturated rings. The molecule has 6 heteroatoms. The normalized spacial score (nSPS) is 10.2. The van der Waals surface area contributed by atoms with Crippen molar-refractivity contribution in [2.75, 3.05) is 5.73 Å². The fourth-order valence-electron chi connectivity index (χ4n) is 0.807. The second kappa shape index (κ2) is 4.50. The zero-order valence-electron chi connectivity index (χ0n) is 7.21. The van der Waals surface area contributed by atoms with Crippen LogP contribution in [0.25, 0.3) is 0 Å². The molecule has 1 heterocycles. The number of pyridine rings is 1. The Bertz CT molecular complexity index is 313. The van der Waals surface area contributed by atoms with Crippen molar-refractivity contribution < 1.29 is 13.6 Å². The summed E-state index contributed by atoms with van der Waals surface area (Å²) in [6.45, 7) is 0.0243. The zero-order chi connectivity index (χ0) is 10.6. The van der Waals surface area contributed by atoms with Gasteiger partial charge in [-0.3, -0.25) is 4.79 Å². The summed E-state index contributed by atoms with van der Waals surface area (Å²) in [5, 5.41) is 2.05. The van der Waals surface area contributed by atoms with Gasteiger partial charge in [-0.05, 0) is 11.6 Å². The Morgan fingerprint density at radius 3 is 2.79 bits per heavy atom. The van der Waals surface area contributed by atoms with Gasteiger partial charge < -0.3 is 11.1 Å². The second-order valence-corrected chi connectivity index (χ2v) is 2.61. The Hall–Kier alpha value is -1.72. The van der Waals surface area contributed by atoms with Crippen LogP contribution in [0.5, 0.6) is 0 Å². The molecule has 0 bridgehead atoms. The number of aromatic nitrogens is 1. The number of carbonyl (C=O) groups is 1. The number of nitrogen functional groups attached to an aromatic ring is 1. The highest BCUT2D eigenvalue weighted by Gasteiger charge is 2.13. The summed E-state index contributed by atoms with van der Waals surface area (Å²) in [4.78, 5) is 14.2. The van der Waals surface area contributed by atoms with Gasteiger partial charge in [0.2, 0.25) is 0 Å². The van der Waals surface area contributed by atoms with E-state index in [4.69, 9.17) is 5.73 Å². The van der Waals surface area contributed by atoms with Gasteiger partial charge in [-0.15, -0.1) is 0 Å². The standard InChI is InChI=1S/C8H9F2N3O/c9-7(10)8(14)13-4-5-1-2-6(11)12-3-5/h1-3,7H,4H2,(H2,11,12)(H,13,14). The monoisotopic (exact) mass is 201 g/mol. The van der Waals surface area contributed by atoms with Gasteiger partial charge in [-0.25, -0.2) is 4.98 Å². The molecule has 0 aromatic carbocycles. The van der Waals surface area contributed by atoms with Gasteiger partial charge in [-0.2, -0.15) is 8.78 Å². The summed E-state index contributed by atoms with van der Waals surface area (Å²) in [5.74, 6) is -0.948. The van der Waals surface area contributed by atoms with E-state index in [1.54, 1.807) is 6.07 Å². The van der Waals surface area contributed by atoms with E-state index in [2.05, 4.69) is 4.98 Å². The van der Waals surface area contributed by atoms with E-state index in [1.807, 2.05) is 5.32 Å². The molecular weight excluding hydrogens is 192 g/mol. The number of rotatable bonds is 3. The molecule has 0 saturated heterocycles. The van der Waals surface area contributed by atoms with Crippen molar-refractivity contribution in [1.29, 1.82) is 0 Å². The van der Waals surface area contributed by atoms with E-state index >= 15 is 0 Å². The number of nitrogens with zero attached hydrogens (tertiary/aromatic N) is 1. The van der Waals surface area contributed by atoms with Crippen LogP contribution in [0.15, 0.2) is 18.3 Å². The molecule has 0 aliphatic heterocycles. The number of nitrogens with two attached hydrogens (primary N) is 1. The number of carbonyl (C=O) groups excluding carboxylic acids is 1. The third kappa shape index (κ3) is 2.96. The average molecular weight is 201 g/mol. The molecule has 1 rings (SSSR count). The van der Waals surface area contributed by atoms with E-state index in [9.17, 15) is 13.6 Å². The van der Waals surface area contributed by atoms with Crippen LogP contribution in [0.1, 0.15) is 5.56 Å². The van der Waals surface area contributed by atoms with E-state index in [0.717, 1.165) is 0 Å². The fourth-order valence-corrected chi connectivity index (χ4v) is 0.807. The average Bonchev–Trinajstić information content (AvgIpc) is 2.16. The lowest BCUT2D eigenvalue weighted by molar-refractivity contribution is -0.131. The van der Waals surface area contributed by atoms with Crippen molar-refractivity contribution in [2.24, 2.45) is 0 Å². The molecule has 0 aliphatic rings. The number of anilines is 1. The van der Waals surface area contributed by atoms with Gasteiger partial charge in [-0.1, -0.05) is 6.07 Å². The van der Waals surface area contributed by atoms with Gasteiger partial charge in [0.25, 0.3) is 5.91 Å². The summed E-state index contributed by atoms with van der Waals surface area (Å²) in [6, 6.07) is 3.14. The molecule has 0 unspecified atom stereocenters. The van der Waals surface area contributed by atoms with Crippen LogP contribution in [0.3, 0.4) is 0 Å². The van der Waals surface area contributed by atoms with Crippen molar-refractivity contribution in [3.8, 4) is 0 Å². The predicted molar refractivity (Wildman–Crippen MR) is 46.5 cm³/mol. The van der Waals surface area contributed by atoms with Crippen molar-refractivity contribution in [3.05, 3.63) is 23.9 Å². The first-order chi connectivity index (χ1) is 6.59. The van der Waals surface area contributed by atoms with Crippen molar-refractivity contribution in [2.45, 2.75) is 13.0 Å². The topological polar surface area (TPSA) is 68.0 Å². The lowest BCUT2D eigenvalue weighted by Gasteiger charge is -2.03. The first kappa shape index (κ1) is 10.4. The molecule has 0 saturated carbocycles. The maximum Gasteiger partial charge on any atom is 0.315 e. The van der Waals surface area contributed by atoms with E-state index in [-0.39, 0.29) is 6.54 Å². The molecule has 14 heavy (non-hydrogen) atoms. The number of amides is 1. The SMILES string of the molecule is Nc1ccc(CNC(=O)C(F)F)cn1. The molecule has 76 valence electrons. The lowest BCUT2D eigenvalue weighted by Crippen LogP contribution is -2.28. The Morgan fingerprint density at radius 1 is 1.57 bits per heavy atom. The lowest BCUT2D eigenvalue weighted by atomic mass is 10.3. The molecule has 1 aromatic heterocycles. The smallest absolute Gasteiger partial charge is 0.315 e. The van der Waals surface area contributed by atoms with Crippen molar-refractivity contribution in [3.63, 3.8) is 0 Å². The van der Waals surface area contributed by atoms with Crippen molar-refractivity contribution in [1.82, 2.24) is 10.3 Å². The summed E-state index contributed by atoms with van der Waals surface area (Å²) < 4.78 is 23.5. The van der Waals surface area contributed by atoms with Crippen LogP contribution in [-0.4, -0.2) is 17.3 Å². The molecule has 3 N–H and O–H groups in total. The number of alkyl halides is 2. The minimum absolute atomic E-state index is 0.0243. The van der Waals surface area contributed by atoms with Crippen LogP contribution < -0.4 is 11.1 Å². The van der Waals surface area contributed by atoms with Gasteiger partial charge in [0.15, 0.2) is 0 Å². The Labute approximate surface area is 79.1 Å². The van der Waals surface area contributed by atoms with Crippen LogP contribution >= 0.6 is 0 Å². The maximum atomic E-state index is 11.7. The first-order valence-corrected chi connectivity index (χ1v) is 3.86. The molecule has 0 atom stereocenters. The van der Waals surface area contributed by atoms with E-state index in [0.29, 0.717) is 11.4 Å². The highest BCUT2D eigenvalue weighted by Crippen LogP contribution is 2.01. The molecule has 1 amide bonds. The Kier molecular flexibility index (Phi) is 3.33. The van der Waals surface area contributed by atoms with Gasteiger partial charge >= 0.3 is 6.43 Å². The second-order valence-electron chi connectivity index (χ2n) is 2.61. The largest absolute Gasteiger partial charge is 0.384 e. The number of hydrogen-bond acceptors (Lipinski definition) is 3. The Morgan fingerprint density at radius 2 is 2.29 bits per heavy atom. The molecule has 0 aliphatic carbocycles. The quantitative estimate of drug-likeness (QED) is 0.750. The van der Waals surface area contributed by atoms with Gasteiger partial charge in [0, 0.05) is 12.7 Å². The molecule has 0 radical (unpaired) electrons. The first-order valence-electron chi connectivity index (χ1n) is 3.86. The molecular formula is C8H9F2N3O. The van der Waals surface area contributed by atoms with Crippen molar-refractivity contribution >= 4 is 11.7 Å². The summed E-state index contributed by atoms with van der Waals surface area (Å²) >= 11 is 0. The van der Waals surface area contributed by atoms with Crippen LogP contribution in [0, 0.1) is 0 Å². The number of nitrogens with one attached hydrogen (secondary N) is 1. The fraction of sp³-hybridized carbons (Fsp3) is 0.250. The minimum atomic E-state index is -2.99. The summed E-state index contributed by atoms with van der Waals surface area (Å²) in [5.41, 5.74) is 5.93. The number of hydrogen-bond donors (Lipinski definition) is 2. The van der Waals surface area contributed by atoms with Gasteiger partial charge in [0.1, 0.15) is 5.82 Å². The summed E-state index contributed by atoms with van der Waals surface area (Å²) in [6.07, 6.45) is -1.57. The number of halogens is 2. The van der Waals surface area contributed by atoms with E-state index < -0.39 is 12.3 Å². The molecule has 1 aromatic rings. The predicted octanol–water partition coefficient (Wildman–Crippen LogP) is 0.545. The highest BCUT2D eigenvalue weighted by molar-refractivity contribution is 5.78. The van der Waals surface area contributed by atoms with E-state index in [1.165, 1.54) is 12.3 Å². The van der Waals surface area contributed by atoms with Crippen LogP contribution in [-0.2, 0) is 11.3 Å². The minimum Gasteiger partial charge on any atom is -0.384 e. The maximum absolute atomic E-state index is 11.7. The highest BCUT2D eigenvalue weighted by atomic mass is 19.3. The van der Waals surface area contributed by atoms with Crippen LogP contribution in [0.4, 0.5) is 14.6 Å².